The molecule has 4 rings (SSSR count). The van der Waals surface area contributed by atoms with E-state index in [1.54, 1.807) is 4.52 Å². The highest BCUT2D eigenvalue weighted by atomic mass is 15.4. The van der Waals surface area contributed by atoms with Crippen LogP contribution in [0.4, 0.5) is 5.82 Å². The van der Waals surface area contributed by atoms with E-state index in [9.17, 15) is 0 Å². The summed E-state index contributed by atoms with van der Waals surface area (Å²) < 4.78 is 3.77. The molecular formula is C12H13N7. The summed E-state index contributed by atoms with van der Waals surface area (Å²) in [4.78, 5) is 2.23. The van der Waals surface area contributed by atoms with Gasteiger partial charge in [0.25, 0.3) is 0 Å². The summed E-state index contributed by atoms with van der Waals surface area (Å²) in [6, 6.07) is 6.33. The van der Waals surface area contributed by atoms with Gasteiger partial charge in [-0.15, -0.1) is 15.3 Å². The Bertz CT molecular complexity index is 709. The molecule has 0 radical (unpaired) electrons. The minimum Gasteiger partial charge on any atom is -0.351 e. The van der Waals surface area contributed by atoms with Gasteiger partial charge < -0.3 is 4.90 Å². The van der Waals surface area contributed by atoms with E-state index in [0.717, 1.165) is 30.4 Å². The number of hydrogen-bond donors (Lipinski definition) is 0. The third kappa shape index (κ3) is 1.58. The molecule has 3 aromatic heterocycles. The predicted molar refractivity (Wildman–Crippen MR) is 69.0 cm³/mol. The fraction of sp³-hybridized carbons (Fsp3) is 0.333. The molecule has 1 saturated heterocycles. The molecule has 0 bridgehead atoms. The van der Waals surface area contributed by atoms with Crippen LogP contribution >= 0.6 is 0 Å². The van der Waals surface area contributed by atoms with Crippen molar-refractivity contribution >= 4 is 11.5 Å². The lowest BCUT2D eigenvalue weighted by Gasteiger charge is -2.39. The fourth-order valence-electron chi connectivity index (χ4n) is 2.36. The lowest BCUT2D eigenvalue weighted by Crippen LogP contribution is -2.48. The third-order valence-electron chi connectivity index (χ3n) is 3.49. The molecule has 7 heteroatoms. The quantitative estimate of drug-likeness (QED) is 0.674. The highest BCUT2D eigenvalue weighted by Gasteiger charge is 2.29. The number of nitrogens with zero attached hydrogens (tertiary/aromatic N) is 7. The Kier molecular flexibility index (Phi) is 2.08. The average Bonchev–Trinajstić information content (AvgIpc) is 2.99. The second-order valence-corrected chi connectivity index (χ2v) is 4.75. The van der Waals surface area contributed by atoms with Crippen molar-refractivity contribution in [3.8, 4) is 0 Å². The van der Waals surface area contributed by atoms with Crippen LogP contribution in [-0.2, 0) is 0 Å². The van der Waals surface area contributed by atoms with Crippen LogP contribution in [0.2, 0.25) is 0 Å². The number of fused-ring (bicyclic) bond motifs is 1. The second kappa shape index (κ2) is 3.78. The summed E-state index contributed by atoms with van der Waals surface area (Å²) in [5, 5.41) is 16.9. The number of aryl methyl sites for hydroxylation is 1. The van der Waals surface area contributed by atoms with Crippen molar-refractivity contribution in [1.82, 2.24) is 29.6 Å². The number of aromatic nitrogens is 6. The summed E-state index contributed by atoms with van der Waals surface area (Å²) in [5.74, 6) is 1.76. The molecule has 19 heavy (non-hydrogen) atoms. The molecular weight excluding hydrogens is 242 g/mol. The Labute approximate surface area is 109 Å². The third-order valence-corrected chi connectivity index (χ3v) is 3.49. The van der Waals surface area contributed by atoms with Gasteiger partial charge in [-0.25, -0.2) is 0 Å². The maximum absolute atomic E-state index is 4.56. The zero-order valence-electron chi connectivity index (χ0n) is 10.5. The van der Waals surface area contributed by atoms with Crippen LogP contribution in [0.3, 0.4) is 0 Å². The van der Waals surface area contributed by atoms with Crippen LogP contribution < -0.4 is 4.90 Å². The van der Waals surface area contributed by atoms with Crippen LogP contribution in [0.5, 0.6) is 0 Å². The van der Waals surface area contributed by atoms with Gasteiger partial charge in [-0.2, -0.15) is 9.61 Å². The Hall–Kier alpha value is -2.44. The van der Waals surface area contributed by atoms with Crippen molar-refractivity contribution in [2.45, 2.75) is 13.0 Å². The molecule has 1 fully saturated rings. The standard InChI is InChI=1S/C12H13N7/c1-9-14-15-11-3-4-12(16-19(9)11)17-7-10(8-17)18-6-2-5-13-18/h2-6,10H,7-8H2,1H3. The first-order valence-electron chi connectivity index (χ1n) is 6.24. The molecule has 1 aliphatic heterocycles. The summed E-state index contributed by atoms with van der Waals surface area (Å²) in [6.07, 6.45) is 3.82. The number of hydrogen-bond acceptors (Lipinski definition) is 5. The number of rotatable bonds is 2. The van der Waals surface area contributed by atoms with Gasteiger partial charge in [-0.1, -0.05) is 0 Å². The first-order valence-corrected chi connectivity index (χ1v) is 6.24. The fourth-order valence-corrected chi connectivity index (χ4v) is 2.36. The molecule has 96 valence electrons. The lowest BCUT2D eigenvalue weighted by atomic mass is 10.1. The summed E-state index contributed by atoms with van der Waals surface area (Å²) in [7, 11) is 0. The van der Waals surface area contributed by atoms with Gasteiger partial charge in [0.2, 0.25) is 0 Å². The van der Waals surface area contributed by atoms with E-state index in [0.29, 0.717) is 6.04 Å². The van der Waals surface area contributed by atoms with E-state index in [4.69, 9.17) is 0 Å². The van der Waals surface area contributed by atoms with E-state index < -0.39 is 0 Å². The van der Waals surface area contributed by atoms with Crippen LogP contribution in [0.1, 0.15) is 11.9 Å². The van der Waals surface area contributed by atoms with Gasteiger partial charge in [0.1, 0.15) is 5.82 Å². The Balaban J connectivity index is 1.58. The minimum absolute atomic E-state index is 0.439. The summed E-state index contributed by atoms with van der Waals surface area (Å²) in [6.45, 7) is 3.77. The van der Waals surface area contributed by atoms with Gasteiger partial charge in [0.05, 0.1) is 6.04 Å². The summed E-state index contributed by atoms with van der Waals surface area (Å²) in [5.41, 5.74) is 0.783. The first-order chi connectivity index (χ1) is 9.31. The van der Waals surface area contributed by atoms with Gasteiger partial charge in [0, 0.05) is 25.5 Å². The van der Waals surface area contributed by atoms with Crippen molar-refractivity contribution < 1.29 is 0 Å². The monoisotopic (exact) mass is 255 g/mol. The smallest absolute Gasteiger partial charge is 0.178 e. The zero-order chi connectivity index (χ0) is 12.8. The zero-order valence-corrected chi connectivity index (χ0v) is 10.5. The molecule has 1 aliphatic rings. The molecule has 0 atom stereocenters. The van der Waals surface area contributed by atoms with Gasteiger partial charge in [-0.05, 0) is 25.1 Å². The molecule has 0 N–H and O–H groups in total. The SMILES string of the molecule is Cc1nnc2ccc(N3CC(n4cccn4)C3)nn12. The van der Waals surface area contributed by atoms with Crippen LogP contribution in [0.25, 0.3) is 5.65 Å². The molecule has 0 saturated carbocycles. The van der Waals surface area contributed by atoms with Crippen molar-refractivity contribution in [1.29, 1.82) is 0 Å². The Morgan fingerprint density at radius 3 is 2.89 bits per heavy atom. The number of anilines is 1. The largest absolute Gasteiger partial charge is 0.351 e. The molecule has 0 aromatic carbocycles. The van der Waals surface area contributed by atoms with Crippen molar-refractivity contribution in [3.05, 3.63) is 36.4 Å². The molecule has 4 heterocycles. The Morgan fingerprint density at radius 2 is 2.11 bits per heavy atom. The molecule has 7 nitrogen and oxygen atoms in total. The molecule has 0 amide bonds. The molecule has 0 aliphatic carbocycles. The van der Waals surface area contributed by atoms with Crippen LogP contribution in [-0.4, -0.2) is 42.7 Å². The molecule has 3 aromatic rings. The first kappa shape index (κ1) is 10.5. The van der Waals surface area contributed by atoms with E-state index >= 15 is 0 Å². The van der Waals surface area contributed by atoms with E-state index in [1.165, 1.54) is 0 Å². The van der Waals surface area contributed by atoms with Crippen molar-refractivity contribution in [3.63, 3.8) is 0 Å². The maximum atomic E-state index is 4.56. The van der Waals surface area contributed by atoms with E-state index in [-0.39, 0.29) is 0 Å². The normalized spacial score (nSPS) is 15.9. The summed E-state index contributed by atoms with van der Waals surface area (Å²) >= 11 is 0. The van der Waals surface area contributed by atoms with Gasteiger partial charge in [0.15, 0.2) is 11.5 Å². The highest BCUT2D eigenvalue weighted by molar-refractivity contribution is 5.47. The van der Waals surface area contributed by atoms with Crippen LogP contribution in [0.15, 0.2) is 30.6 Å². The van der Waals surface area contributed by atoms with Gasteiger partial charge >= 0.3 is 0 Å². The maximum Gasteiger partial charge on any atom is 0.178 e. The van der Waals surface area contributed by atoms with Crippen molar-refractivity contribution in [2.24, 2.45) is 0 Å². The van der Waals surface area contributed by atoms with Gasteiger partial charge in [-0.3, -0.25) is 4.68 Å². The predicted octanol–water partition coefficient (Wildman–Crippen LogP) is 0.691. The average molecular weight is 255 g/mol. The van der Waals surface area contributed by atoms with Crippen molar-refractivity contribution in [2.75, 3.05) is 18.0 Å². The van der Waals surface area contributed by atoms with Crippen LogP contribution in [0, 0.1) is 6.92 Å². The lowest BCUT2D eigenvalue weighted by molar-refractivity contribution is 0.365. The topological polar surface area (TPSA) is 64.1 Å². The molecule has 0 spiro atoms. The van der Waals surface area contributed by atoms with E-state index in [2.05, 4.69) is 25.3 Å². The Morgan fingerprint density at radius 1 is 1.21 bits per heavy atom. The van der Waals surface area contributed by atoms with E-state index in [1.807, 2.05) is 42.2 Å². The second-order valence-electron chi connectivity index (χ2n) is 4.75. The minimum atomic E-state index is 0.439. The molecule has 0 unspecified atom stereocenters. The highest BCUT2D eigenvalue weighted by Crippen LogP contribution is 2.25.